The lowest BCUT2D eigenvalue weighted by Crippen LogP contribution is -2.34. The number of nitrogens with zero attached hydrogens (tertiary/aromatic N) is 1. The van der Waals surface area contributed by atoms with Crippen LogP contribution in [0.25, 0.3) is 0 Å². The summed E-state index contributed by atoms with van der Waals surface area (Å²) in [5.41, 5.74) is 4.23. The van der Waals surface area contributed by atoms with Crippen LogP contribution in [0.2, 0.25) is 0 Å². The van der Waals surface area contributed by atoms with Crippen LogP contribution in [0.1, 0.15) is 67.6 Å². The Balaban J connectivity index is 1.67. The molecule has 0 aliphatic heterocycles. The first-order valence-electron chi connectivity index (χ1n) is 9.66. The van der Waals surface area contributed by atoms with Gasteiger partial charge in [-0.15, -0.1) is 0 Å². The van der Waals surface area contributed by atoms with E-state index in [0.29, 0.717) is 12.0 Å². The second-order valence-electron chi connectivity index (χ2n) is 8.84. The zero-order valence-electron chi connectivity index (χ0n) is 17.0. The minimum absolute atomic E-state index is 0.0416. The number of nitro benzene ring substituents is 1. The summed E-state index contributed by atoms with van der Waals surface area (Å²) in [6.07, 6.45) is 2.74. The van der Waals surface area contributed by atoms with Gasteiger partial charge in [-0.05, 0) is 52.5 Å². The summed E-state index contributed by atoms with van der Waals surface area (Å²) in [4.78, 5) is 22.8. The number of hydrogen-bond acceptors (Lipinski definition) is 4. The van der Waals surface area contributed by atoms with Crippen molar-refractivity contribution in [3.8, 4) is 0 Å². The Kier molecular flexibility index (Phi) is 5.28. The molecule has 2 aromatic rings. The van der Waals surface area contributed by atoms with Gasteiger partial charge in [0.1, 0.15) is 0 Å². The first-order valence-corrected chi connectivity index (χ1v) is 9.66. The molecule has 3 rings (SSSR count). The molecule has 0 fully saturated rings. The number of benzene rings is 2. The molecule has 0 bridgehead atoms. The average Bonchev–Trinajstić information content (AvgIpc) is 2.65. The van der Waals surface area contributed by atoms with E-state index in [9.17, 15) is 14.9 Å². The van der Waals surface area contributed by atoms with Gasteiger partial charge in [0.15, 0.2) is 0 Å². The first kappa shape index (κ1) is 20.1. The highest BCUT2D eigenvalue weighted by atomic mass is 16.6. The predicted octanol–water partition coefficient (Wildman–Crippen LogP) is 5.34. The number of carbonyl (C=O) groups excluding carboxylic acids is 1. The molecule has 1 aliphatic carbocycles. The van der Waals surface area contributed by atoms with Crippen molar-refractivity contribution in [2.24, 2.45) is 0 Å². The van der Waals surface area contributed by atoms with Crippen LogP contribution in [0.3, 0.4) is 0 Å². The highest BCUT2D eigenvalue weighted by Gasteiger charge is 2.37. The quantitative estimate of drug-likeness (QED) is 0.398. The van der Waals surface area contributed by atoms with E-state index in [2.05, 4.69) is 33.8 Å². The van der Waals surface area contributed by atoms with Crippen LogP contribution in [0, 0.1) is 10.1 Å². The van der Waals surface area contributed by atoms with Crippen molar-refractivity contribution < 1.29 is 14.5 Å². The molecular weight excluding hydrogens is 354 g/mol. The Morgan fingerprint density at radius 3 is 2.21 bits per heavy atom. The van der Waals surface area contributed by atoms with Crippen LogP contribution in [-0.4, -0.2) is 17.5 Å². The third kappa shape index (κ3) is 4.08. The summed E-state index contributed by atoms with van der Waals surface area (Å²) in [7, 11) is 0. The van der Waals surface area contributed by atoms with Crippen LogP contribution in [0.15, 0.2) is 42.5 Å². The van der Waals surface area contributed by atoms with Crippen molar-refractivity contribution in [2.45, 2.75) is 57.8 Å². The maximum absolute atomic E-state index is 12.5. The van der Waals surface area contributed by atoms with Gasteiger partial charge in [0.2, 0.25) is 0 Å². The van der Waals surface area contributed by atoms with Gasteiger partial charge < -0.3 is 4.74 Å². The standard InChI is InChI=1S/C23H27NO4/c1-22(2)12-13-23(3,4)20-15-17(7-10-19(20)22)21(25)28-14-11-16-5-8-18(9-6-16)24(26)27/h5-10,15H,11-14H2,1-4H3. The number of non-ortho nitro benzene ring substituents is 1. The molecule has 28 heavy (non-hydrogen) atoms. The molecule has 0 heterocycles. The maximum Gasteiger partial charge on any atom is 0.338 e. The fourth-order valence-corrected chi connectivity index (χ4v) is 3.84. The predicted molar refractivity (Wildman–Crippen MR) is 109 cm³/mol. The van der Waals surface area contributed by atoms with Crippen LogP contribution in [-0.2, 0) is 22.0 Å². The molecule has 0 unspecified atom stereocenters. The molecule has 5 nitrogen and oxygen atoms in total. The van der Waals surface area contributed by atoms with Crippen LogP contribution in [0.4, 0.5) is 5.69 Å². The van der Waals surface area contributed by atoms with Crippen molar-refractivity contribution in [3.63, 3.8) is 0 Å². The number of rotatable bonds is 5. The molecular formula is C23H27NO4. The first-order chi connectivity index (χ1) is 13.1. The topological polar surface area (TPSA) is 69.4 Å². The van der Waals surface area contributed by atoms with E-state index in [0.717, 1.165) is 18.4 Å². The van der Waals surface area contributed by atoms with E-state index in [1.54, 1.807) is 12.1 Å². The molecule has 5 heteroatoms. The van der Waals surface area contributed by atoms with Gasteiger partial charge >= 0.3 is 5.97 Å². The van der Waals surface area contributed by atoms with E-state index in [-0.39, 0.29) is 29.1 Å². The van der Waals surface area contributed by atoms with Crippen molar-refractivity contribution in [2.75, 3.05) is 6.61 Å². The smallest absolute Gasteiger partial charge is 0.338 e. The molecule has 0 radical (unpaired) electrons. The molecule has 0 N–H and O–H groups in total. The number of nitro groups is 1. The van der Waals surface area contributed by atoms with Crippen LogP contribution < -0.4 is 0 Å². The van der Waals surface area contributed by atoms with E-state index in [1.807, 2.05) is 12.1 Å². The van der Waals surface area contributed by atoms with Crippen molar-refractivity contribution >= 4 is 11.7 Å². The Morgan fingerprint density at radius 1 is 1.00 bits per heavy atom. The maximum atomic E-state index is 12.5. The highest BCUT2D eigenvalue weighted by molar-refractivity contribution is 5.90. The van der Waals surface area contributed by atoms with Gasteiger partial charge in [-0.2, -0.15) is 0 Å². The van der Waals surface area contributed by atoms with Gasteiger partial charge in [-0.1, -0.05) is 45.9 Å². The van der Waals surface area contributed by atoms with E-state index in [4.69, 9.17) is 4.74 Å². The van der Waals surface area contributed by atoms with E-state index >= 15 is 0 Å². The Labute approximate surface area is 165 Å². The van der Waals surface area contributed by atoms with Crippen LogP contribution >= 0.6 is 0 Å². The number of carbonyl (C=O) groups is 1. The zero-order valence-corrected chi connectivity index (χ0v) is 17.0. The lowest BCUT2D eigenvalue weighted by atomic mass is 9.63. The summed E-state index contributed by atoms with van der Waals surface area (Å²) in [6.45, 7) is 9.20. The van der Waals surface area contributed by atoms with E-state index in [1.165, 1.54) is 23.3 Å². The molecule has 148 valence electrons. The van der Waals surface area contributed by atoms with Crippen molar-refractivity contribution in [1.82, 2.24) is 0 Å². The number of esters is 1. The Hall–Kier alpha value is -2.69. The number of ether oxygens (including phenoxy) is 1. The Bertz CT molecular complexity index is 897. The largest absolute Gasteiger partial charge is 0.462 e. The normalized spacial score (nSPS) is 16.9. The molecule has 0 amide bonds. The summed E-state index contributed by atoms with van der Waals surface area (Å²) in [5.74, 6) is -0.330. The monoisotopic (exact) mass is 381 g/mol. The van der Waals surface area contributed by atoms with E-state index < -0.39 is 4.92 Å². The second-order valence-corrected chi connectivity index (χ2v) is 8.84. The van der Waals surface area contributed by atoms with Crippen LogP contribution in [0.5, 0.6) is 0 Å². The lowest BCUT2D eigenvalue weighted by Gasteiger charge is -2.41. The average molecular weight is 381 g/mol. The van der Waals surface area contributed by atoms with Crippen molar-refractivity contribution in [3.05, 3.63) is 74.8 Å². The molecule has 0 aromatic heterocycles. The van der Waals surface area contributed by atoms with Gasteiger partial charge in [-0.3, -0.25) is 10.1 Å². The molecule has 0 saturated carbocycles. The Morgan fingerprint density at radius 2 is 1.61 bits per heavy atom. The molecule has 0 saturated heterocycles. The second kappa shape index (κ2) is 7.38. The zero-order chi connectivity index (χ0) is 20.5. The molecule has 1 aliphatic rings. The van der Waals surface area contributed by atoms with Gasteiger partial charge in [0, 0.05) is 18.6 Å². The minimum Gasteiger partial charge on any atom is -0.462 e. The third-order valence-corrected chi connectivity index (χ3v) is 5.86. The highest BCUT2D eigenvalue weighted by Crippen LogP contribution is 2.45. The van der Waals surface area contributed by atoms with Crippen molar-refractivity contribution in [1.29, 1.82) is 0 Å². The lowest BCUT2D eigenvalue weighted by molar-refractivity contribution is -0.384. The minimum atomic E-state index is -0.428. The van der Waals surface area contributed by atoms with Gasteiger partial charge in [0.05, 0.1) is 17.1 Å². The summed E-state index contributed by atoms with van der Waals surface area (Å²) in [6, 6.07) is 12.2. The third-order valence-electron chi connectivity index (χ3n) is 5.86. The summed E-state index contributed by atoms with van der Waals surface area (Å²) < 4.78 is 5.45. The number of fused-ring (bicyclic) bond motifs is 1. The molecule has 0 atom stereocenters. The van der Waals surface area contributed by atoms with Gasteiger partial charge in [-0.25, -0.2) is 4.79 Å². The molecule has 0 spiro atoms. The molecule has 2 aromatic carbocycles. The summed E-state index contributed by atoms with van der Waals surface area (Å²) >= 11 is 0. The summed E-state index contributed by atoms with van der Waals surface area (Å²) in [5, 5.41) is 10.7. The SMILES string of the molecule is CC1(C)CCC(C)(C)c2cc(C(=O)OCCc3ccc([N+](=O)[O-])cc3)ccc21. The fourth-order valence-electron chi connectivity index (χ4n) is 3.84. The fraction of sp³-hybridized carbons (Fsp3) is 0.435. The number of hydrogen-bond donors (Lipinski definition) is 0. The van der Waals surface area contributed by atoms with Gasteiger partial charge in [0.25, 0.3) is 5.69 Å².